The van der Waals surface area contributed by atoms with Gasteiger partial charge in [-0.3, -0.25) is 0 Å². The molecule has 100 valence electrons. The maximum atomic E-state index is 9.40. The minimum Gasteiger partial charge on any atom is -0.396 e. The molecule has 2 aromatic carbocycles. The fourth-order valence-electron chi connectivity index (χ4n) is 2.40. The van der Waals surface area contributed by atoms with Crippen molar-refractivity contribution in [1.82, 2.24) is 0 Å². The van der Waals surface area contributed by atoms with Crippen LogP contribution in [0, 0.1) is 12.3 Å². The lowest BCUT2D eigenvalue weighted by molar-refractivity contribution is -0.128. The average Bonchev–Trinajstić information content (AvgIpc) is 2.38. The molecule has 19 heavy (non-hydrogen) atoms. The Morgan fingerprint density at radius 1 is 1.16 bits per heavy atom. The third-order valence-electron chi connectivity index (χ3n) is 3.82. The number of hydrogen-bond donors (Lipinski definition) is 2. The Morgan fingerprint density at radius 3 is 2.58 bits per heavy atom. The summed E-state index contributed by atoms with van der Waals surface area (Å²) in [5.41, 5.74) is 2.28. The summed E-state index contributed by atoms with van der Waals surface area (Å²) in [7, 11) is 0. The van der Waals surface area contributed by atoms with E-state index in [9.17, 15) is 5.11 Å². The van der Waals surface area contributed by atoms with Crippen LogP contribution >= 0.6 is 0 Å². The Kier molecular flexibility index (Phi) is 3.17. The molecule has 1 aliphatic rings. The van der Waals surface area contributed by atoms with Crippen molar-refractivity contribution >= 4 is 16.5 Å². The summed E-state index contributed by atoms with van der Waals surface area (Å²) in [4.78, 5) is 0. The maximum absolute atomic E-state index is 9.40. The monoisotopic (exact) mass is 257 g/mol. The van der Waals surface area contributed by atoms with Crippen molar-refractivity contribution in [2.75, 3.05) is 31.7 Å². The molecule has 0 amide bonds. The highest BCUT2D eigenvalue weighted by Gasteiger charge is 2.37. The van der Waals surface area contributed by atoms with Crippen LogP contribution in [0.15, 0.2) is 36.4 Å². The van der Waals surface area contributed by atoms with E-state index in [0.29, 0.717) is 13.2 Å². The van der Waals surface area contributed by atoms with Gasteiger partial charge in [-0.25, -0.2) is 0 Å². The molecule has 3 rings (SSSR count). The van der Waals surface area contributed by atoms with Gasteiger partial charge in [0.2, 0.25) is 0 Å². The van der Waals surface area contributed by atoms with Crippen LogP contribution in [-0.2, 0) is 4.74 Å². The van der Waals surface area contributed by atoms with Crippen molar-refractivity contribution in [2.45, 2.75) is 6.92 Å². The second-order valence-corrected chi connectivity index (χ2v) is 5.57. The van der Waals surface area contributed by atoms with Gasteiger partial charge in [0.1, 0.15) is 0 Å². The Morgan fingerprint density at radius 2 is 1.89 bits per heavy atom. The first-order valence-corrected chi connectivity index (χ1v) is 6.64. The number of nitrogens with one attached hydrogen (secondary N) is 1. The summed E-state index contributed by atoms with van der Waals surface area (Å²) in [6.45, 7) is 4.31. The molecule has 1 saturated heterocycles. The van der Waals surface area contributed by atoms with Crippen LogP contribution in [0.2, 0.25) is 0 Å². The Hall–Kier alpha value is -1.58. The number of ether oxygens (including phenoxy) is 1. The molecule has 3 nitrogen and oxygen atoms in total. The van der Waals surface area contributed by atoms with Gasteiger partial charge >= 0.3 is 0 Å². The zero-order valence-electron chi connectivity index (χ0n) is 11.1. The molecule has 2 aromatic rings. The van der Waals surface area contributed by atoms with Gasteiger partial charge in [0.15, 0.2) is 0 Å². The first-order chi connectivity index (χ1) is 9.21. The summed E-state index contributed by atoms with van der Waals surface area (Å²) < 4.78 is 5.20. The first-order valence-electron chi connectivity index (χ1n) is 6.64. The molecule has 0 aromatic heterocycles. The molecule has 2 N–H and O–H groups in total. The standard InChI is InChI=1S/C16H19NO2/c1-12-2-3-14-7-15(5-4-13(14)6-12)17-8-16(9-18)10-19-11-16/h2-7,17-18H,8-11H2,1H3. The number of hydrogen-bond acceptors (Lipinski definition) is 3. The van der Waals surface area contributed by atoms with E-state index in [1.54, 1.807) is 0 Å². The topological polar surface area (TPSA) is 41.5 Å². The molecule has 0 atom stereocenters. The SMILES string of the molecule is Cc1ccc2cc(NCC3(CO)COC3)ccc2c1. The Bertz CT molecular complexity index is 585. The molecular weight excluding hydrogens is 238 g/mol. The number of aliphatic hydroxyl groups excluding tert-OH is 1. The predicted molar refractivity (Wildman–Crippen MR) is 77.5 cm³/mol. The van der Waals surface area contributed by atoms with Crippen LogP contribution in [-0.4, -0.2) is 31.5 Å². The van der Waals surface area contributed by atoms with E-state index in [4.69, 9.17) is 4.74 Å². The van der Waals surface area contributed by atoms with E-state index in [1.807, 2.05) is 0 Å². The number of aryl methyl sites for hydroxylation is 1. The first kappa shape index (κ1) is 12.5. The minimum atomic E-state index is -0.0950. The van der Waals surface area contributed by atoms with E-state index >= 15 is 0 Å². The number of benzene rings is 2. The molecule has 0 bridgehead atoms. The fraction of sp³-hybridized carbons (Fsp3) is 0.375. The lowest BCUT2D eigenvalue weighted by atomic mass is 9.87. The van der Waals surface area contributed by atoms with Gasteiger partial charge in [0.05, 0.1) is 25.2 Å². The third kappa shape index (κ3) is 2.44. The van der Waals surface area contributed by atoms with E-state index in [0.717, 1.165) is 12.2 Å². The highest BCUT2D eigenvalue weighted by atomic mass is 16.5. The van der Waals surface area contributed by atoms with Crippen LogP contribution < -0.4 is 5.32 Å². The number of rotatable bonds is 4. The quantitative estimate of drug-likeness (QED) is 0.884. The number of anilines is 1. The normalized spacial score (nSPS) is 17.2. The highest BCUT2D eigenvalue weighted by Crippen LogP contribution is 2.28. The zero-order chi connectivity index (χ0) is 13.3. The van der Waals surface area contributed by atoms with Gasteiger partial charge in [-0.05, 0) is 29.8 Å². The lowest BCUT2D eigenvalue weighted by Crippen LogP contribution is -2.50. The van der Waals surface area contributed by atoms with E-state index < -0.39 is 0 Å². The van der Waals surface area contributed by atoms with Crippen molar-refractivity contribution in [1.29, 1.82) is 0 Å². The Labute approximate surface area is 113 Å². The van der Waals surface area contributed by atoms with Gasteiger partial charge in [-0.1, -0.05) is 29.8 Å². The molecule has 0 saturated carbocycles. The number of aliphatic hydroxyl groups is 1. The highest BCUT2D eigenvalue weighted by molar-refractivity contribution is 5.86. The van der Waals surface area contributed by atoms with Crippen LogP contribution in [0.4, 0.5) is 5.69 Å². The lowest BCUT2D eigenvalue weighted by Gasteiger charge is -2.40. The van der Waals surface area contributed by atoms with Gasteiger partial charge in [-0.2, -0.15) is 0 Å². The Balaban J connectivity index is 1.76. The van der Waals surface area contributed by atoms with Crippen LogP contribution in [0.25, 0.3) is 10.8 Å². The maximum Gasteiger partial charge on any atom is 0.0584 e. The fourth-order valence-corrected chi connectivity index (χ4v) is 2.40. The van der Waals surface area contributed by atoms with Crippen molar-refractivity contribution in [2.24, 2.45) is 5.41 Å². The van der Waals surface area contributed by atoms with Crippen molar-refractivity contribution in [3.8, 4) is 0 Å². The molecule has 0 spiro atoms. The minimum absolute atomic E-state index is 0.0950. The molecular formula is C16H19NO2. The predicted octanol–water partition coefficient (Wildman–Crippen LogP) is 2.57. The second kappa shape index (κ2) is 4.83. The zero-order valence-corrected chi connectivity index (χ0v) is 11.1. The number of fused-ring (bicyclic) bond motifs is 1. The summed E-state index contributed by atoms with van der Waals surface area (Å²) in [6, 6.07) is 12.8. The molecule has 1 fully saturated rings. The van der Waals surface area contributed by atoms with Gasteiger partial charge < -0.3 is 15.2 Å². The van der Waals surface area contributed by atoms with Crippen molar-refractivity contribution in [3.05, 3.63) is 42.0 Å². The largest absolute Gasteiger partial charge is 0.396 e. The smallest absolute Gasteiger partial charge is 0.0584 e. The van der Waals surface area contributed by atoms with Crippen molar-refractivity contribution < 1.29 is 9.84 Å². The van der Waals surface area contributed by atoms with Crippen LogP contribution in [0.1, 0.15) is 5.56 Å². The molecule has 1 aliphatic heterocycles. The van der Waals surface area contributed by atoms with Gasteiger partial charge in [0.25, 0.3) is 0 Å². The van der Waals surface area contributed by atoms with E-state index in [-0.39, 0.29) is 12.0 Å². The van der Waals surface area contributed by atoms with Crippen LogP contribution in [0.5, 0.6) is 0 Å². The van der Waals surface area contributed by atoms with Crippen LogP contribution in [0.3, 0.4) is 0 Å². The second-order valence-electron chi connectivity index (χ2n) is 5.57. The van der Waals surface area contributed by atoms with E-state index in [1.165, 1.54) is 16.3 Å². The summed E-state index contributed by atoms with van der Waals surface area (Å²) in [5.74, 6) is 0. The molecule has 1 heterocycles. The molecule has 3 heteroatoms. The molecule has 0 aliphatic carbocycles. The van der Waals surface area contributed by atoms with Crippen molar-refractivity contribution in [3.63, 3.8) is 0 Å². The summed E-state index contributed by atoms with van der Waals surface area (Å²) in [5, 5.41) is 15.3. The van der Waals surface area contributed by atoms with Gasteiger partial charge in [0, 0.05) is 12.2 Å². The average molecular weight is 257 g/mol. The molecule has 0 radical (unpaired) electrons. The molecule has 0 unspecified atom stereocenters. The van der Waals surface area contributed by atoms with Gasteiger partial charge in [-0.15, -0.1) is 0 Å². The van der Waals surface area contributed by atoms with E-state index in [2.05, 4.69) is 48.6 Å². The third-order valence-corrected chi connectivity index (χ3v) is 3.82. The summed E-state index contributed by atoms with van der Waals surface area (Å²) in [6.07, 6.45) is 0. The summed E-state index contributed by atoms with van der Waals surface area (Å²) >= 11 is 0.